The summed E-state index contributed by atoms with van der Waals surface area (Å²) in [6.45, 7) is 10.2. The Morgan fingerprint density at radius 1 is 1.28 bits per heavy atom. The van der Waals surface area contributed by atoms with Crippen molar-refractivity contribution in [2.75, 3.05) is 0 Å². The summed E-state index contributed by atoms with van der Waals surface area (Å²) in [5.41, 5.74) is 4.21. The summed E-state index contributed by atoms with van der Waals surface area (Å²) in [6, 6.07) is 3.02. The Balaban J connectivity index is 1.96. The van der Waals surface area contributed by atoms with Crippen LogP contribution in [0.4, 0.5) is 0 Å². The molecule has 1 saturated carbocycles. The van der Waals surface area contributed by atoms with E-state index in [-0.39, 0.29) is 0 Å². The average molecular weight is 248 g/mol. The molecule has 1 aliphatic carbocycles. The van der Waals surface area contributed by atoms with Crippen molar-refractivity contribution < 1.29 is 0 Å². The molecule has 0 saturated heterocycles. The van der Waals surface area contributed by atoms with Gasteiger partial charge in [-0.1, -0.05) is 26.7 Å². The zero-order chi connectivity index (χ0) is 13.3. The van der Waals surface area contributed by atoms with Crippen LogP contribution < -0.4 is 5.32 Å². The molecule has 1 fully saturated rings. The molecule has 0 aliphatic heterocycles. The molecule has 3 unspecified atom stereocenters. The van der Waals surface area contributed by atoms with Crippen LogP contribution in [0.2, 0.25) is 0 Å². The van der Waals surface area contributed by atoms with Crippen molar-refractivity contribution in [2.45, 2.75) is 59.5 Å². The number of aromatic nitrogens is 1. The van der Waals surface area contributed by atoms with E-state index in [0.717, 1.165) is 18.4 Å². The van der Waals surface area contributed by atoms with Gasteiger partial charge in [-0.3, -0.25) is 0 Å². The lowest BCUT2D eigenvalue weighted by Gasteiger charge is -2.34. The predicted octanol–water partition coefficient (Wildman–Crippen LogP) is 3.56. The quantitative estimate of drug-likeness (QED) is 0.865. The molecule has 1 heterocycles. The fraction of sp³-hybridized carbons (Fsp3) is 0.750. The largest absolute Gasteiger partial charge is 0.352 e. The van der Waals surface area contributed by atoms with E-state index in [2.05, 4.69) is 50.7 Å². The Hall–Kier alpha value is -0.760. The van der Waals surface area contributed by atoms with Gasteiger partial charge in [-0.05, 0) is 43.7 Å². The highest BCUT2D eigenvalue weighted by atomic mass is 15.0. The summed E-state index contributed by atoms with van der Waals surface area (Å²) in [4.78, 5) is 0. The molecule has 2 heteroatoms. The molecule has 0 radical (unpaired) electrons. The SMILES string of the molecule is Cc1cc(CNC2CCCC(C)C2C)c(C)n1C. The maximum Gasteiger partial charge on any atom is 0.0226 e. The van der Waals surface area contributed by atoms with Crippen LogP contribution in [0.3, 0.4) is 0 Å². The third kappa shape index (κ3) is 2.64. The Kier molecular flexibility index (Phi) is 4.16. The van der Waals surface area contributed by atoms with Gasteiger partial charge < -0.3 is 9.88 Å². The van der Waals surface area contributed by atoms with Gasteiger partial charge in [0.2, 0.25) is 0 Å². The summed E-state index contributed by atoms with van der Waals surface area (Å²) in [5, 5.41) is 3.79. The van der Waals surface area contributed by atoms with Crippen molar-refractivity contribution in [2.24, 2.45) is 18.9 Å². The number of hydrogen-bond donors (Lipinski definition) is 1. The molecule has 1 aromatic heterocycles. The van der Waals surface area contributed by atoms with Crippen LogP contribution >= 0.6 is 0 Å². The Bertz CT molecular complexity index is 405. The maximum atomic E-state index is 3.79. The number of hydrogen-bond acceptors (Lipinski definition) is 1. The van der Waals surface area contributed by atoms with Gasteiger partial charge in [0.15, 0.2) is 0 Å². The van der Waals surface area contributed by atoms with Crippen LogP contribution in [0.1, 0.15) is 50.1 Å². The fourth-order valence-corrected chi connectivity index (χ4v) is 3.22. The maximum absolute atomic E-state index is 3.79. The van der Waals surface area contributed by atoms with Gasteiger partial charge in [-0.2, -0.15) is 0 Å². The minimum absolute atomic E-state index is 0.702. The zero-order valence-electron chi connectivity index (χ0n) is 12.6. The standard InChI is InChI=1S/C16H28N2/c1-11-7-6-8-16(13(11)3)17-10-15-9-12(2)18(5)14(15)4/h9,11,13,16-17H,6-8,10H2,1-5H3. The summed E-state index contributed by atoms with van der Waals surface area (Å²) >= 11 is 0. The zero-order valence-corrected chi connectivity index (χ0v) is 12.6. The van der Waals surface area contributed by atoms with Crippen LogP contribution in [-0.4, -0.2) is 10.6 Å². The number of aryl methyl sites for hydroxylation is 1. The fourth-order valence-electron chi connectivity index (χ4n) is 3.22. The van der Waals surface area contributed by atoms with E-state index in [9.17, 15) is 0 Å². The first-order valence-corrected chi connectivity index (χ1v) is 7.36. The second kappa shape index (κ2) is 5.48. The summed E-state index contributed by atoms with van der Waals surface area (Å²) in [5.74, 6) is 1.68. The topological polar surface area (TPSA) is 17.0 Å². The second-order valence-corrected chi connectivity index (χ2v) is 6.21. The third-order valence-corrected chi connectivity index (χ3v) is 5.14. The molecular formula is C16H28N2. The Morgan fingerprint density at radius 3 is 2.61 bits per heavy atom. The van der Waals surface area contributed by atoms with Crippen molar-refractivity contribution in [3.8, 4) is 0 Å². The summed E-state index contributed by atoms with van der Waals surface area (Å²) < 4.78 is 2.28. The van der Waals surface area contributed by atoms with Gasteiger partial charge in [0, 0.05) is 31.0 Å². The average Bonchev–Trinajstić information content (AvgIpc) is 2.59. The normalized spacial score (nSPS) is 28.6. The van der Waals surface area contributed by atoms with E-state index in [4.69, 9.17) is 0 Å². The number of rotatable bonds is 3. The molecule has 0 amide bonds. The molecule has 0 bridgehead atoms. The van der Waals surface area contributed by atoms with E-state index >= 15 is 0 Å². The Morgan fingerprint density at radius 2 is 2.00 bits per heavy atom. The van der Waals surface area contributed by atoms with Crippen molar-refractivity contribution in [3.63, 3.8) is 0 Å². The van der Waals surface area contributed by atoms with E-state index in [1.165, 1.54) is 36.2 Å². The highest BCUT2D eigenvalue weighted by Crippen LogP contribution is 2.29. The second-order valence-electron chi connectivity index (χ2n) is 6.21. The highest BCUT2D eigenvalue weighted by molar-refractivity contribution is 5.26. The van der Waals surface area contributed by atoms with Crippen molar-refractivity contribution in [1.82, 2.24) is 9.88 Å². The van der Waals surface area contributed by atoms with Crippen LogP contribution in [0.15, 0.2) is 6.07 Å². The molecule has 1 aliphatic rings. The van der Waals surface area contributed by atoms with Gasteiger partial charge >= 0.3 is 0 Å². The van der Waals surface area contributed by atoms with Crippen LogP contribution in [0.25, 0.3) is 0 Å². The van der Waals surface area contributed by atoms with E-state index in [1.54, 1.807) is 0 Å². The summed E-state index contributed by atoms with van der Waals surface area (Å²) in [7, 11) is 2.15. The van der Waals surface area contributed by atoms with Crippen molar-refractivity contribution in [1.29, 1.82) is 0 Å². The lowest BCUT2D eigenvalue weighted by Crippen LogP contribution is -2.40. The van der Waals surface area contributed by atoms with Crippen molar-refractivity contribution >= 4 is 0 Å². The summed E-state index contributed by atoms with van der Waals surface area (Å²) in [6.07, 6.45) is 4.13. The van der Waals surface area contributed by atoms with Gasteiger partial charge in [-0.15, -0.1) is 0 Å². The molecule has 0 aromatic carbocycles. The van der Waals surface area contributed by atoms with Gasteiger partial charge in [-0.25, -0.2) is 0 Å². The predicted molar refractivity (Wildman–Crippen MR) is 77.7 cm³/mol. The van der Waals surface area contributed by atoms with Crippen molar-refractivity contribution in [3.05, 3.63) is 23.0 Å². The highest BCUT2D eigenvalue weighted by Gasteiger charge is 2.26. The smallest absolute Gasteiger partial charge is 0.0226 e. The van der Waals surface area contributed by atoms with Gasteiger partial charge in [0.25, 0.3) is 0 Å². The molecule has 2 rings (SSSR count). The first-order valence-electron chi connectivity index (χ1n) is 7.36. The third-order valence-electron chi connectivity index (χ3n) is 5.14. The molecule has 1 N–H and O–H groups in total. The molecule has 3 atom stereocenters. The lowest BCUT2D eigenvalue weighted by molar-refractivity contribution is 0.206. The number of nitrogens with one attached hydrogen (secondary N) is 1. The molecule has 0 spiro atoms. The monoisotopic (exact) mass is 248 g/mol. The molecule has 1 aromatic rings. The van der Waals surface area contributed by atoms with Gasteiger partial charge in [0.05, 0.1) is 0 Å². The van der Waals surface area contributed by atoms with Gasteiger partial charge in [0.1, 0.15) is 0 Å². The van der Waals surface area contributed by atoms with E-state index < -0.39 is 0 Å². The molecule has 2 nitrogen and oxygen atoms in total. The Labute approximate surface area is 112 Å². The molecular weight excluding hydrogens is 220 g/mol. The molecule has 18 heavy (non-hydrogen) atoms. The van der Waals surface area contributed by atoms with Crippen LogP contribution in [0.5, 0.6) is 0 Å². The first kappa shape index (κ1) is 13.7. The molecule has 102 valence electrons. The minimum Gasteiger partial charge on any atom is -0.352 e. The lowest BCUT2D eigenvalue weighted by atomic mass is 9.78. The minimum atomic E-state index is 0.702. The van der Waals surface area contributed by atoms with Crippen LogP contribution in [0, 0.1) is 25.7 Å². The van der Waals surface area contributed by atoms with E-state index in [0.29, 0.717) is 6.04 Å². The number of nitrogens with zero attached hydrogens (tertiary/aromatic N) is 1. The van der Waals surface area contributed by atoms with E-state index in [1.807, 2.05) is 0 Å². The van der Waals surface area contributed by atoms with Crippen LogP contribution in [-0.2, 0) is 13.6 Å². The first-order chi connectivity index (χ1) is 8.50.